The molecule has 0 spiro atoms. The van der Waals surface area contributed by atoms with E-state index in [1.807, 2.05) is 12.1 Å². The zero-order valence-corrected chi connectivity index (χ0v) is 16.7. The number of H-pyrrole nitrogens is 1. The Kier molecular flexibility index (Phi) is 5.48. The minimum atomic E-state index is -0.465. The van der Waals surface area contributed by atoms with Crippen LogP contribution < -0.4 is 10.1 Å². The van der Waals surface area contributed by atoms with E-state index in [0.717, 1.165) is 11.3 Å². The van der Waals surface area contributed by atoms with Crippen LogP contribution in [-0.4, -0.2) is 45.4 Å². The molecule has 2 aromatic carbocycles. The van der Waals surface area contributed by atoms with Crippen molar-refractivity contribution < 1.29 is 14.5 Å². The van der Waals surface area contributed by atoms with Crippen molar-refractivity contribution in [1.82, 2.24) is 15.3 Å². The summed E-state index contributed by atoms with van der Waals surface area (Å²) in [5, 5.41) is 14.3. The normalized spacial score (nSPS) is 13.0. The van der Waals surface area contributed by atoms with Gasteiger partial charge in [0.05, 0.1) is 24.3 Å². The number of amidine groups is 1. The number of aromatic nitrogens is 2. The van der Waals surface area contributed by atoms with Gasteiger partial charge in [0.15, 0.2) is 10.9 Å². The number of benzene rings is 2. The lowest BCUT2D eigenvalue weighted by atomic mass is 10.1. The molecule has 9 nitrogen and oxygen atoms in total. The van der Waals surface area contributed by atoms with Gasteiger partial charge >= 0.3 is 0 Å². The molecule has 3 aromatic rings. The lowest BCUT2D eigenvalue weighted by Crippen LogP contribution is -2.28. The summed E-state index contributed by atoms with van der Waals surface area (Å²) in [6.07, 6.45) is 0. The molecule has 1 aromatic heterocycles. The average molecular weight is 423 g/mol. The lowest BCUT2D eigenvalue weighted by molar-refractivity contribution is -0.384. The van der Waals surface area contributed by atoms with Gasteiger partial charge in [0, 0.05) is 29.0 Å². The number of carbonyl (C=O) groups is 1. The molecule has 10 heteroatoms. The second kappa shape index (κ2) is 8.37. The van der Waals surface area contributed by atoms with Crippen LogP contribution in [0.3, 0.4) is 0 Å². The van der Waals surface area contributed by atoms with Crippen LogP contribution in [0.15, 0.2) is 53.5 Å². The fraction of sp³-hybridized carbons (Fsp3) is 0.150. The van der Waals surface area contributed by atoms with Crippen molar-refractivity contribution in [1.29, 1.82) is 0 Å². The highest BCUT2D eigenvalue weighted by atomic mass is 32.2. The molecule has 0 saturated carbocycles. The van der Waals surface area contributed by atoms with Gasteiger partial charge < -0.3 is 9.72 Å². The minimum absolute atomic E-state index is 0.0186. The van der Waals surface area contributed by atoms with E-state index >= 15 is 0 Å². The Balaban J connectivity index is 1.73. The first-order valence-electron chi connectivity index (χ1n) is 9.03. The summed E-state index contributed by atoms with van der Waals surface area (Å²) < 4.78 is 5.20. The first kappa shape index (κ1) is 19.6. The zero-order valence-electron chi connectivity index (χ0n) is 15.9. The molecule has 0 radical (unpaired) electrons. The van der Waals surface area contributed by atoms with Crippen molar-refractivity contribution >= 4 is 28.5 Å². The van der Waals surface area contributed by atoms with E-state index in [4.69, 9.17) is 4.74 Å². The Morgan fingerprint density at radius 2 is 1.87 bits per heavy atom. The molecule has 1 aliphatic rings. The van der Waals surface area contributed by atoms with Gasteiger partial charge in [-0.3, -0.25) is 25.2 Å². The van der Waals surface area contributed by atoms with Crippen LogP contribution in [0.4, 0.5) is 5.69 Å². The monoisotopic (exact) mass is 423 g/mol. The number of nitro groups is 1. The Morgan fingerprint density at radius 1 is 1.17 bits per heavy atom. The third-order valence-electron chi connectivity index (χ3n) is 4.46. The highest BCUT2D eigenvalue weighted by Gasteiger charge is 2.22. The summed E-state index contributed by atoms with van der Waals surface area (Å²) in [7, 11) is 1.58. The highest BCUT2D eigenvalue weighted by Crippen LogP contribution is 2.28. The number of rotatable bonds is 5. The topological polar surface area (TPSA) is 123 Å². The number of non-ortho nitro benzene ring substituents is 1. The number of nitro benzene ring substituents is 1. The van der Waals surface area contributed by atoms with Crippen LogP contribution in [0, 0.1) is 10.1 Å². The van der Waals surface area contributed by atoms with E-state index in [9.17, 15) is 14.9 Å². The molecule has 1 aliphatic heterocycles. The fourth-order valence-electron chi connectivity index (χ4n) is 2.95. The van der Waals surface area contributed by atoms with Crippen molar-refractivity contribution in [2.75, 3.05) is 19.4 Å². The van der Waals surface area contributed by atoms with Gasteiger partial charge in [-0.15, -0.1) is 0 Å². The number of nitrogens with one attached hydrogen (secondary N) is 2. The second-order valence-corrected chi connectivity index (χ2v) is 7.41. The molecule has 30 heavy (non-hydrogen) atoms. The van der Waals surface area contributed by atoms with Gasteiger partial charge in [0.2, 0.25) is 0 Å². The van der Waals surface area contributed by atoms with Crippen LogP contribution in [0.25, 0.3) is 22.6 Å². The molecule has 0 atom stereocenters. The lowest BCUT2D eigenvalue weighted by Gasteiger charge is -2.05. The van der Waals surface area contributed by atoms with Crippen molar-refractivity contribution in [2.45, 2.75) is 0 Å². The van der Waals surface area contributed by atoms with E-state index in [0.29, 0.717) is 34.5 Å². The molecule has 1 amide bonds. The van der Waals surface area contributed by atoms with Crippen LogP contribution in [0.2, 0.25) is 0 Å². The van der Waals surface area contributed by atoms with E-state index < -0.39 is 4.92 Å². The van der Waals surface area contributed by atoms with E-state index in [1.54, 1.807) is 31.4 Å². The molecule has 0 unspecified atom stereocenters. The summed E-state index contributed by atoms with van der Waals surface area (Å²) in [4.78, 5) is 35.3. The number of nitrogens with zero attached hydrogens (tertiary/aromatic N) is 3. The van der Waals surface area contributed by atoms with Gasteiger partial charge in [0.1, 0.15) is 11.6 Å². The predicted molar refractivity (Wildman–Crippen MR) is 115 cm³/mol. The largest absolute Gasteiger partial charge is 0.497 e. The molecule has 152 valence electrons. The van der Waals surface area contributed by atoms with Crippen LogP contribution in [-0.2, 0) is 0 Å². The summed E-state index contributed by atoms with van der Waals surface area (Å²) in [6.45, 7) is 0.667. The number of methoxy groups -OCH3 is 1. The van der Waals surface area contributed by atoms with Gasteiger partial charge in [0.25, 0.3) is 11.6 Å². The molecule has 4 rings (SSSR count). The third kappa shape index (κ3) is 4.03. The third-order valence-corrected chi connectivity index (χ3v) is 5.35. The van der Waals surface area contributed by atoms with Crippen molar-refractivity contribution in [3.63, 3.8) is 0 Å². The standard InChI is InChI=1S/C20H17N5O4S/c1-29-15-8-4-12(5-9-15)16-17(19(26)24-20-21-10-11-30-20)23-18(22-16)13-2-6-14(7-3-13)25(27)28/h2-9H,10-11H2,1H3,(H,22,23)(H,21,24,26). The van der Waals surface area contributed by atoms with Crippen LogP contribution in [0.1, 0.15) is 10.5 Å². The van der Waals surface area contributed by atoms with Crippen molar-refractivity contribution in [3.8, 4) is 28.4 Å². The Hall–Kier alpha value is -3.66. The van der Waals surface area contributed by atoms with Crippen molar-refractivity contribution in [3.05, 3.63) is 64.3 Å². The molecule has 0 fully saturated rings. The smallest absolute Gasteiger partial charge is 0.278 e. The maximum absolute atomic E-state index is 12.9. The first-order valence-corrected chi connectivity index (χ1v) is 10.0. The molecule has 0 saturated heterocycles. The Morgan fingerprint density at radius 3 is 2.47 bits per heavy atom. The molecule has 0 aliphatic carbocycles. The number of imidazole rings is 1. The number of carbonyl (C=O) groups excluding carboxylic acids is 1. The van der Waals surface area contributed by atoms with Gasteiger partial charge in [-0.25, -0.2) is 4.98 Å². The summed E-state index contributed by atoms with van der Waals surface area (Å²) in [5.41, 5.74) is 2.11. The summed E-state index contributed by atoms with van der Waals surface area (Å²) >= 11 is 1.48. The van der Waals surface area contributed by atoms with E-state index in [2.05, 4.69) is 20.3 Å². The summed E-state index contributed by atoms with van der Waals surface area (Å²) in [6, 6.07) is 13.2. The zero-order chi connectivity index (χ0) is 21.1. The number of amides is 1. The number of aromatic amines is 1. The minimum Gasteiger partial charge on any atom is -0.497 e. The van der Waals surface area contributed by atoms with E-state index in [-0.39, 0.29) is 17.3 Å². The van der Waals surface area contributed by atoms with Gasteiger partial charge in [-0.05, 0) is 36.4 Å². The average Bonchev–Trinajstić information content (AvgIpc) is 3.44. The van der Waals surface area contributed by atoms with Gasteiger partial charge in [-0.1, -0.05) is 11.8 Å². The second-order valence-electron chi connectivity index (χ2n) is 6.33. The number of ether oxygens (including phenoxy) is 1. The maximum Gasteiger partial charge on any atom is 0.278 e. The van der Waals surface area contributed by atoms with Gasteiger partial charge in [-0.2, -0.15) is 0 Å². The highest BCUT2D eigenvalue weighted by molar-refractivity contribution is 8.14. The number of hydrogen-bond donors (Lipinski definition) is 2. The quantitative estimate of drug-likeness (QED) is 0.478. The number of hydrogen-bond acceptors (Lipinski definition) is 7. The molecular weight excluding hydrogens is 406 g/mol. The fourth-order valence-corrected chi connectivity index (χ4v) is 3.67. The Bertz CT molecular complexity index is 1120. The maximum atomic E-state index is 12.9. The SMILES string of the molecule is COc1ccc(-c2[nH]c(-c3ccc([N+](=O)[O-])cc3)nc2C(=O)NC2=NCCS2)cc1. The molecule has 2 N–H and O–H groups in total. The predicted octanol–water partition coefficient (Wildman–Crippen LogP) is 3.49. The molecule has 0 bridgehead atoms. The summed E-state index contributed by atoms with van der Waals surface area (Å²) in [5.74, 6) is 1.58. The molecule has 2 heterocycles. The van der Waals surface area contributed by atoms with Crippen molar-refractivity contribution in [2.24, 2.45) is 4.99 Å². The molecular formula is C20H17N5O4S. The van der Waals surface area contributed by atoms with E-state index in [1.165, 1.54) is 23.9 Å². The first-order chi connectivity index (χ1) is 14.5. The number of aliphatic imine (C=N–C) groups is 1. The Labute approximate surface area is 175 Å². The van der Waals surface area contributed by atoms with Crippen LogP contribution in [0.5, 0.6) is 5.75 Å². The van der Waals surface area contributed by atoms with Crippen LogP contribution >= 0.6 is 11.8 Å². The number of thioether (sulfide) groups is 1.